The second-order valence-corrected chi connectivity index (χ2v) is 8.42. The number of Topliss-reactive ketones (excluding diaryl/α,β-unsaturated/α-hetero) is 1. The molecule has 4 rings (SSSR count). The molecule has 0 aliphatic heterocycles. The number of fused-ring (bicyclic) bond motifs is 1. The highest BCUT2D eigenvalue weighted by Crippen LogP contribution is 2.39. The van der Waals surface area contributed by atoms with E-state index in [9.17, 15) is 9.59 Å². The van der Waals surface area contributed by atoms with Crippen molar-refractivity contribution >= 4 is 45.9 Å². The van der Waals surface area contributed by atoms with E-state index in [0.717, 1.165) is 47.2 Å². The minimum absolute atomic E-state index is 0.222. The molecule has 0 aliphatic carbocycles. The maximum absolute atomic E-state index is 12.3. The maximum atomic E-state index is 12.3. The van der Waals surface area contributed by atoms with Crippen LogP contribution >= 0.6 is 11.6 Å². The van der Waals surface area contributed by atoms with Crippen LogP contribution in [0.15, 0.2) is 60.9 Å². The molecule has 0 saturated carbocycles. The van der Waals surface area contributed by atoms with Gasteiger partial charge in [-0.25, -0.2) is 0 Å². The van der Waals surface area contributed by atoms with E-state index in [4.69, 9.17) is 11.6 Å². The molecule has 2 heterocycles. The Labute approximate surface area is 191 Å². The monoisotopic (exact) mass is 448 g/mol. The molecule has 0 fully saturated rings. The summed E-state index contributed by atoms with van der Waals surface area (Å²) in [6.07, 6.45) is 5.22. The number of ketones is 1. The fraction of sp³-hybridized carbons (Fsp3) is 0.200. The van der Waals surface area contributed by atoms with Crippen LogP contribution < -0.4 is 5.32 Å². The van der Waals surface area contributed by atoms with E-state index in [1.54, 1.807) is 18.3 Å². The van der Waals surface area contributed by atoms with Crippen LogP contribution in [-0.2, 0) is 11.3 Å². The number of aromatic nitrogens is 2. The van der Waals surface area contributed by atoms with E-state index in [1.165, 1.54) is 0 Å². The summed E-state index contributed by atoms with van der Waals surface area (Å²) in [7, 11) is 4.14. The Hall–Kier alpha value is -3.35. The molecule has 2 N–H and O–H groups in total. The molecule has 164 valence electrons. The van der Waals surface area contributed by atoms with Crippen molar-refractivity contribution in [3.8, 4) is 11.1 Å². The molecule has 4 aromatic rings. The van der Waals surface area contributed by atoms with E-state index in [1.807, 2.05) is 24.3 Å². The first-order chi connectivity index (χ1) is 15.5. The fourth-order valence-corrected chi connectivity index (χ4v) is 4.12. The van der Waals surface area contributed by atoms with E-state index in [0.29, 0.717) is 17.0 Å². The topological polar surface area (TPSA) is 70.1 Å². The molecule has 0 bridgehead atoms. The molecule has 0 radical (unpaired) electrons. The lowest BCUT2D eigenvalue weighted by Crippen LogP contribution is -2.14. The zero-order chi connectivity index (χ0) is 22.7. The minimum atomic E-state index is -0.615. The number of aldehydes is 1. The van der Waals surface area contributed by atoms with Gasteiger partial charge in [-0.2, -0.15) is 0 Å². The number of halogens is 1. The van der Waals surface area contributed by atoms with Crippen LogP contribution in [0, 0.1) is 0 Å². The van der Waals surface area contributed by atoms with Crippen LogP contribution in [0.5, 0.6) is 0 Å². The lowest BCUT2D eigenvalue weighted by molar-refractivity contribution is -0.104. The molecule has 7 heteroatoms. The zero-order valence-corrected chi connectivity index (χ0v) is 18.8. The molecule has 0 spiro atoms. The van der Waals surface area contributed by atoms with Crippen molar-refractivity contribution in [1.29, 1.82) is 0 Å². The third-order valence-corrected chi connectivity index (χ3v) is 5.65. The molecule has 0 aliphatic rings. The first-order valence-corrected chi connectivity index (χ1v) is 10.8. The Balaban J connectivity index is 1.82. The highest BCUT2D eigenvalue weighted by Gasteiger charge is 2.21. The van der Waals surface area contributed by atoms with Crippen LogP contribution in [0.1, 0.15) is 16.9 Å². The number of aryl methyl sites for hydroxylation is 1. The Morgan fingerprint density at radius 2 is 1.97 bits per heavy atom. The average molecular weight is 449 g/mol. The number of anilines is 2. The number of H-pyrrole nitrogens is 1. The van der Waals surface area contributed by atoms with Crippen molar-refractivity contribution in [3.05, 3.63) is 71.6 Å². The average Bonchev–Trinajstić information content (AvgIpc) is 3.34. The Morgan fingerprint density at radius 1 is 1.16 bits per heavy atom. The van der Waals surface area contributed by atoms with Gasteiger partial charge in [0.1, 0.15) is 5.69 Å². The Morgan fingerprint density at radius 3 is 2.72 bits per heavy atom. The highest BCUT2D eigenvalue weighted by molar-refractivity contribution is 6.35. The van der Waals surface area contributed by atoms with Gasteiger partial charge in [-0.3, -0.25) is 9.59 Å². The van der Waals surface area contributed by atoms with Gasteiger partial charge < -0.3 is 19.8 Å². The molecule has 2 aromatic carbocycles. The van der Waals surface area contributed by atoms with E-state index in [2.05, 4.69) is 52.2 Å². The number of para-hydroxylation sites is 1. The molecule has 32 heavy (non-hydrogen) atoms. The van der Waals surface area contributed by atoms with E-state index in [-0.39, 0.29) is 5.69 Å². The van der Waals surface area contributed by atoms with Crippen molar-refractivity contribution in [3.63, 3.8) is 0 Å². The summed E-state index contributed by atoms with van der Waals surface area (Å²) in [5, 5.41) is 4.95. The van der Waals surface area contributed by atoms with E-state index >= 15 is 0 Å². The quantitative estimate of drug-likeness (QED) is 0.205. The standard InChI is InChI=1S/C25H25ClN4O2/c1-29(2)11-6-12-30-15-21(19-9-3-4-10-22(19)30)20-14-27-25(23(32)16-31)24(20)28-18-8-5-7-17(26)13-18/h3-5,7-10,13-16,27-28H,6,11-12H2,1-2H3. The van der Waals surface area contributed by atoms with Gasteiger partial charge in [0.05, 0.1) is 5.69 Å². The van der Waals surface area contributed by atoms with Gasteiger partial charge in [0.25, 0.3) is 0 Å². The van der Waals surface area contributed by atoms with Crippen molar-refractivity contribution in [2.45, 2.75) is 13.0 Å². The molecular weight excluding hydrogens is 424 g/mol. The van der Waals surface area contributed by atoms with Crippen LogP contribution in [0.3, 0.4) is 0 Å². The Kier molecular flexibility index (Phi) is 6.44. The number of carbonyl (C=O) groups excluding carboxylic acids is 2. The maximum Gasteiger partial charge on any atom is 0.243 e. The van der Waals surface area contributed by atoms with Gasteiger partial charge in [0.2, 0.25) is 5.78 Å². The van der Waals surface area contributed by atoms with Gasteiger partial charge in [-0.15, -0.1) is 0 Å². The zero-order valence-electron chi connectivity index (χ0n) is 18.1. The first kappa shape index (κ1) is 21.9. The summed E-state index contributed by atoms with van der Waals surface area (Å²) in [5.41, 5.74) is 4.43. The smallest absolute Gasteiger partial charge is 0.243 e. The van der Waals surface area contributed by atoms with Gasteiger partial charge in [0, 0.05) is 51.7 Å². The van der Waals surface area contributed by atoms with Gasteiger partial charge >= 0.3 is 0 Å². The molecule has 0 unspecified atom stereocenters. The van der Waals surface area contributed by atoms with E-state index < -0.39 is 5.78 Å². The summed E-state index contributed by atoms with van der Waals surface area (Å²) in [4.78, 5) is 28.8. The molecular formula is C25H25ClN4O2. The molecule has 0 atom stereocenters. The molecule has 0 amide bonds. The predicted molar refractivity (Wildman–Crippen MR) is 130 cm³/mol. The third-order valence-electron chi connectivity index (χ3n) is 5.41. The van der Waals surface area contributed by atoms with Crippen LogP contribution in [-0.4, -0.2) is 47.2 Å². The predicted octanol–water partition coefficient (Wildman–Crippen LogP) is 5.37. The minimum Gasteiger partial charge on any atom is -0.356 e. The summed E-state index contributed by atoms with van der Waals surface area (Å²) in [6.45, 7) is 1.87. The number of hydrogen-bond acceptors (Lipinski definition) is 4. The van der Waals surface area contributed by atoms with Crippen molar-refractivity contribution < 1.29 is 9.59 Å². The number of nitrogens with one attached hydrogen (secondary N) is 2. The van der Waals surface area contributed by atoms with Crippen LogP contribution in [0.2, 0.25) is 5.02 Å². The third kappa shape index (κ3) is 4.47. The second kappa shape index (κ2) is 9.42. The summed E-state index contributed by atoms with van der Waals surface area (Å²) < 4.78 is 2.24. The van der Waals surface area contributed by atoms with Gasteiger partial charge in [-0.05, 0) is 51.3 Å². The number of benzene rings is 2. The summed E-state index contributed by atoms with van der Waals surface area (Å²) >= 11 is 6.15. The Bertz CT molecular complexity index is 1270. The number of nitrogens with zero attached hydrogens (tertiary/aromatic N) is 2. The first-order valence-electron chi connectivity index (χ1n) is 10.4. The number of carbonyl (C=O) groups is 2. The van der Waals surface area contributed by atoms with Crippen molar-refractivity contribution in [1.82, 2.24) is 14.5 Å². The lowest BCUT2D eigenvalue weighted by Gasteiger charge is -2.10. The van der Waals surface area contributed by atoms with Gasteiger partial charge in [-0.1, -0.05) is 35.9 Å². The highest BCUT2D eigenvalue weighted by atomic mass is 35.5. The fourth-order valence-electron chi connectivity index (χ4n) is 3.93. The lowest BCUT2D eigenvalue weighted by atomic mass is 10.0. The largest absolute Gasteiger partial charge is 0.356 e. The number of rotatable bonds is 9. The molecule has 2 aromatic heterocycles. The van der Waals surface area contributed by atoms with Crippen LogP contribution in [0.4, 0.5) is 11.4 Å². The molecule has 0 saturated heterocycles. The normalized spacial score (nSPS) is 11.2. The van der Waals surface area contributed by atoms with Crippen molar-refractivity contribution in [2.75, 3.05) is 26.0 Å². The SMILES string of the molecule is CN(C)CCCn1cc(-c2c[nH]c(C(=O)C=O)c2Nc2cccc(Cl)c2)c2ccccc21. The number of aromatic amines is 1. The molecule has 6 nitrogen and oxygen atoms in total. The van der Waals surface area contributed by atoms with Crippen LogP contribution in [0.25, 0.3) is 22.0 Å². The van der Waals surface area contributed by atoms with Gasteiger partial charge in [0.15, 0.2) is 6.29 Å². The van der Waals surface area contributed by atoms with Crippen molar-refractivity contribution in [2.24, 2.45) is 0 Å². The summed E-state index contributed by atoms with van der Waals surface area (Å²) in [6, 6.07) is 15.5. The second-order valence-electron chi connectivity index (χ2n) is 7.98. The summed E-state index contributed by atoms with van der Waals surface area (Å²) in [5.74, 6) is -0.615. The number of hydrogen-bond donors (Lipinski definition) is 2.